The lowest BCUT2D eigenvalue weighted by Crippen LogP contribution is -2.48. The third-order valence-electron chi connectivity index (χ3n) is 4.92. The summed E-state index contributed by atoms with van der Waals surface area (Å²) in [6.45, 7) is 7.83. The Hall–Kier alpha value is -1.19. The van der Waals surface area contributed by atoms with Gasteiger partial charge in [0.25, 0.3) is 0 Å². The van der Waals surface area contributed by atoms with Crippen LogP contribution in [0.1, 0.15) is 59.8 Å². The molecule has 0 aliphatic rings. The maximum Gasteiger partial charge on any atom is 0.467 e. The van der Waals surface area contributed by atoms with Crippen molar-refractivity contribution in [3.8, 4) is 0 Å². The summed E-state index contributed by atoms with van der Waals surface area (Å²) in [6, 6.07) is 0. The number of halogens is 6. The molecule has 0 bridgehead atoms. The van der Waals surface area contributed by atoms with Gasteiger partial charge in [0.1, 0.15) is 0 Å². The van der Waals surface area contributed by atoms with Gasteiger partial charge in [-0.05, 0) is 40.5 Å². The van der Waals surface area contributed by atoms with E-state index in [-0.39, 0.29) is 63.2 Å². The molecule has 1 amide bonds. The van der Waals surface area contributed by atoms with Crippen LogP contribution in [-0.4, -0.2) is 99.1 Å². The van der Waals surface area contributed by atoms with E-state index in [4.69, 9.17) is 18.9 Å². The van der Waals surface area contributed by atoms with E-state index in [1.807, 2.05) is 20.8 Å². The van der Waals surface area contributed by atoms with Crippen LogP contribution in [0.25, 0.3) is 0 Å². The standard InChI is InChI=1S/C23H42F6N2O6/c1-17(32)13-35-19(3)15-37-20(4)16-36-18(2)14-34-12-10-30-21(33)9-7-5-6-8-11-31(22(24,25)26)23(27,28)29/h17-20,32H,5-16H2,1-4H3,(H,30,33). The Morgan fingerprint density at radius 3 is 1.78 bits per heavy atom. The molecular weight excluding hydrogens is 514 g/mol. The zero-order valence-corrected chi connectivity index (χ0v) is 22.0. The third kappa shape index (κ3) is 20.4. The van der Waals surface area contributed by atoms with Crippen molar-refractivity contribution in [3.63, 3.8) is 0 Å². The Morgan fingerprint density at radius 2 is 1.27 bits per heavy atom. The fourth-order valence-electron chi connectivity index (χ4n) is 2.95. The van der Waals surface area contributed by atoms with Crippen LogP contribution in [0.4, 0.5) is 26.3 Å². The van der Waals surface area contributed by atoms with E-state index in [2.05, 4.69) is 5.32 Å². The summed E-state index contributed by atoms with van der Waals surface area (Å²) < 4.78 is 96.5. The highest BCUT2D eigenvalue weighted by molar-refractivity contribution is 5.75. The fraction of sp³-hybridized carbons (Fsp3) is 0.957. The van der Waals surface area contributed by atoms with Crippen LogP contribution in [0, 0.1) is 0 Å². The van der Waals surface area contributed by atoms with Crippen molar-refractivity contribution in [1.29, 1.82) is 0 Å². The summed E-state index contributed by atoms with van der Waals surface area (Å²) in [7, 11) is 0. The molecule has 0 radical (unpaired) electrons. The molecule has 0 rings (SSSR count). The van der Waals surface area contributed by atoms with E-state index in [0.717, 1.165) is 0 Å². The van der Waals surface area contributed by atoms with Crippen LogP contribution < -0.4 is 5.32 Å². The van der Waals surface area contributed by atoms with Crippen LogP contribution in [0.3, 0.4) is 0 Å². The molecular formula is C23H42F6N2O6. The van der Waals surface area contributed by atoms with Crippen molar-refractivity contribution < 1.29 is 55.2 Å². The van der Waals surface area contributed by atoms with Crippen LogP contribution >= 0.6 is 0 Å². The first-order valence-electron chi connectivity index (χ1n) is 12.4. The Bertz CT molecular complexity index is 581. The first kappa shape index (κ1) is 35.8. The second-order valence-corrected chi connectivity index (χ2v) is 8.96. The van der Waals surface area contributed by atoms with Gasteiger partial charge in [-0.25, -0.2) is 0 Å². The fourth-order valence-corrected chi connectivity index (χ4v) is 2.95. The van der Waals surface area contributed by atoms with Crippen LogP contribution in [0.5, 0.6) is 0 Å². The van der Waals surface area contributed by atoms with Gasteiger partial charge in [-0.2, -0.15) is 26.3 Å². The Morgan fingerprint density at radius 1 is 0.784 bits per heavy atom. The molecule has 0 saturated heterocycles. The molecule has 2 N–H and O–H groups in total. The number of aliphatic hydroxyl groups excluding tert-OH is 1. The second kappa shape index (κ2) is 19.0. The summed E-state index contributed by atoms with van der Waals surface area (Å²) in [5.41, 5.74) is 0. The average Bonchev–Trinajstić information content (AvgIpc) is 2.77. The molecule has 4 unspecified atom stereocenters. The second-order valence-electron chi connectivity index (χ2n) is 8.96. The van der Waals surface area contributed by atoms with Gasteiger partial charge < -0.3 is 29.4 Å². The molecule has 222 valence electrons. The van der Waals surface area contributed by atoms with E-state index < -0.39 is 30.1 Å². The van der Waals surface area contributed by atoms with E-state index in [0.29, 0.717) is 32.7 Å². The van der Waals surface area contributed by atoms with Gasteiger partial charge in [0.05, 0.1) is 57.5 Å². The van der Waals surface area contributed by atoms with Crippen molar-refractivity contribution in [2.75, 3.05) is 46.1 Å². The van der Waals surface area contributed by atoms with Gasteiger partial charge in [0, 0.05) is 19.5 Å². The lowest BCUT2D eigenvalue weighted by atomic mass is 10.1. The number of unbranched alkanes of at least 4 members (excludes halogenated alkanes) is 3. The zero-order chi connectivity index (χ0) is 28.5. The highest BCUT2D eigenvalue weighted by Gasteiger charge is 2.53. The van der Waals surface area contributed by atoms with Crippen molar-refractivity contribution in [1.82, 2.24) is 10.2 Å². The van der Waals surface area contributed by atoms with Crippen LogP contribution in [0.2, 0.25) is 0 Å². The molecule has 0 aromatic heterocycles. The van der Waals surface area contributed by atoms with Gasteiger partial charge in [-0.1, -0.05) is 12.8 Å². The first-order valence-corrected chi connectivity index (χ1v) is 12.4. The summed E-state index contributed by atoms with van der Waals surface area (Å²) in [5.74, 6) is -0.266. The number of ether oxygens (including phenoxy) is 4. The highest BCUT2D eigenvalue weighted by atomic mass is 19.4. The van der Waals surface area contributed by atoms with Gasteiger partial charge >= 0.3 is 12.6 Å². The van der Waals surface area contributed by atoms with Gasteiger partial charge in [-0.15, -0.1) is 4.90 Å². The maximum atomic E-state index is 12.4. The number of carbonyl (C=O) groups excluding carboxylic acids is 1. The van der Waals surface area contributed by atoms with Crippen molar-refractivity contribution in [2.45, 2.75) is 96.8 Å². The first-order chi connectivity index (χ1) is 17.1. The number of aliphatic hydroxyl groups is 1. The minimum absolute atomic E-state index is 0.127. The van der Waals surface area contributed by atoms with Gasteiger partial charge in [0.15, 0.2) is 0 Å². The maximum absolute atomic E-state index is 12.4. The number of nitrogens with zero attached hydrogens (tertiary/aromatic N) is 1. The number of amides is 1. The summed E-state index contributed by atoms with van der Waals surface area (Å²) in [6.07, 6.45) is -11.3. The summed E-state index contributed by atoms with van der Waals surface area (Å²) in [4.78, 5) is 10.3. The van der Waals surface area contributed by atoms with Crippen LogP contribution in [0.15, 0.2) is 0 Å². The van der Waals surface area contributed by atoms with E-state index >= 15 is 0 Å². The summed E-state index contributed by atoms with van der Waals surface area (Å²) in [5, 5.41) is 11.8. The third-order valence-corrected chi connectivity index (χ3v) is 4.92. The predicted molar refractivity (Wildman–Crippen MR) is 124 cm³/mol. The normalized spacial score (nSPS) is 16.0. The Labute approximate surface area is 214 Å². The predicted octanol–water partition coefficient (Wildman–Crippen LogP) is 4.01. The molecule has 0 fully saturated rings. The number of hydrogen-bond donors (Lipinski definition) is 2. The molecule has 0 spiro atoms. The molecule has 0 aromatic carbocycles. The van der Waals surface area contributed by atoms with E-state index in [9.17, 15) is 36.2 Å². The van der Waals surface area contributed by atoms with Crippen molar-refractivity contribution >= 4 is 5.91 Å². The molecule has 37 heavy (non-hydrogen) atoms. The van der Waals surface area contributed by atoms with E-state index in [1.54, 1.807) is 6.92 Å². The Balaban J connectivity index is 3.74. The van der Waals surface area contributed by atoms with E-state index in [1.165, 1.54) is 0 Å². The van der Waals surface area contributed by atoms with Gasteiger partial charge in [0.2, 0.25) is 5.91 Å². The number of nitrogens with one attached hydrogen (secondary N) is 1. The topological polar surface area (TPSA) is 89.5 Å². The quantitative estimate of drug-likeness (QED) is 0.126. The largest absolute Gasteiger partial charge is 0.467 e. The molecule has 14 heteroatoms. The zero-order valence-electron chi connectivity index (χ0n) is 22.0. The monoisotopic (exact) mass is 556 g/mol. The smallest absolute Gasteiger partial charge is 0.391 e. The molecule has 0 aliphatic heterocycles. The number of carbonyl (C=O) groups is 1. The highest BCUT2D eigenvalue weighted by Crippen LogP contribution is 2.33. The molecule has 8 nitrogen and oxygen atoms in total. The molecule has 0 aromatic rings. The van der Waals surface area contributed by atoms with Gasteiger partial charge in [-0.3, -0.25) is 4.79 Å². The van der Waals surface area contributed by atoms with Crippen molar-refractivity contribution in [3.05, 3.63) is 0 Å². The lowest BCUT2D eigenvalue weighted by molar-refractivity contribution is -0.372. The van der Waals surface area contributed by atoms with Crippen LogP contribution in [-0.2, 0) is 23.7 Å². The molecule has 0 aliphatic carbocycles. The Kier molecular flexibility index (Phi) is 18.4. The molecule has 0 saturated carbocycles. The van der Waals surface area contributed by atoms with Crippen molar-refractivity contribution in [2.24, 2.45) is 0 Å². The SMILES string of the molecule is CC(O)COC(C)COC(C)COC(C)COCCNC(=O)CCCCCCN(C(F)(F)F)C(F)(F)F. The minimum atomic E-state index is -5.47. The number of rotatable bonds is 21. The average molecular weight is 557 g/mol. The summed E-state index contributed by atoms with van der Waals surface area (Å²) >= 11 is 0. The minimum Gasteiger partial charge on any atom is -0.391 e. The number of hydrogen-bond acceptors (Lipinski definition) is 7. The molecule has 0 heterocycles. The lowest BCUT2D eigenvalue weighted by Gasteiger charge is -2.26. The number of alkyl halides is 6. The molecule has 4 atom stereocenters.